The van der Waals surface area contributed by atoms with Crippen molar-refractivity contribution in [1.29, 1.82) is 0 Å². The first-order valence-electron chi connectivity index (χ1n) is 3.56. The zero-order valence-electron chi connectivity index (χ0n) is 7.16. The highest BCUT2D eigenvalue weighted by atomic mass is 16.2. The molecular formula is C8H11N3O. The molecule has 0 unspecified atom stereocenters. The van der Waals surface area contributed by atoms with Crippen LogP contribution < -0.4 is 5.73 Å². The Balaban J connectivity index is 3.35. The molecule has 0 aromatic carbocycles. The van der Waals surface area contributed by atoms with E-state index in [1.165, 1.54) is 4.68 Å². The number of aryl methyl sites for hydroxylation is 1. The van der Waals surface area contributed by atoms with Crippen molar-refractivity contribution in [2.45, 2.75) is 13.8 Å². The molecule has 12 heavy (non-hydrogen) atoms. The maximum atomic E-state index is 10.8. The molecule has 0 radical (unpaired) electrons. The zero-order chi connectivity index (χ0) is 9.30. The summed E-state index contributed by atoms with van der Waals surface area (Å²) in [6.45, 7) is 7.21. The van der Waals surface area contributed by atoms with Gasteiger partial charge < -0.3 is 5.73 Å². The number of rotatable bonds is 1. The number of amides is 1. The van der Waals surface area contributed by atoms with Crippen LogP contribution in [-0.2, 0) is 0 Å². The standard InChI is InChI=1S/C8H11N3O/c1-4-7-5(2)10-11(6(7)3)8(9)12/h4H,1H2,2-3H3,(H2,9,12). The smallest absolute Gasteiger partial charge is 0.339 e. The molecule has 0 aliphatic heterocycles. The molecule has 4 heteroatoms. The van der Waals surface area contributed by atoms with Crippen LogP contribution in [0.2, 0.25) is 0 Å². The Kier molecular flexibility index (Phi) is 1.99. The van der Waals surface area contributed by atoms with Gasteiger partial charge in [-0.05, 0) is 13.8 Å². The second-order valence-electron chi connectivity index (χ2n) is 2.54. The lowest BCUT2D eigenvalue weighted by Crippen LogP contribution is -2.22. The largest absolute Gasteiger partial charge is 0.350 e. The van der Waals surface area contributed by atoms with Gasteiger partial charge in [-0.15, -0.1) is 0 Å². The molecule has 1 aromatic rings. The molecule has 1 rings (SSSR count). The van der Waals surface area contributed by atoms with Crippen LogP contribution in [0.1, 0.15) is 17.0 Å². The highest BCUT2D eigenvalue weighted by Crippen LogP contribution is 2.12. The Morgan fingerprint density at radius 2 is 2.25 bits per heavy atom. The second-order valence-corrected chi connectivity index (χ2v) is 2.54. The molecule has 0 fully saturated rings. The lowest BCUT2D eigenvalue weighted by Gasteiger charge is -1.95. The Hall–Kier alpha value is -1.58. The molecule has 64 valence electrons. The minimum absolute atomic E-state index is 0.566. The summed E-state index contributed by atoms with van der Waals surface area (Å²) in [4.78, 5) is 10.8. The van der Waals surface area contributed by atoms with Gasteiger partial charge in [0.1, 0.15) is 0 Å². The van der Waals surface area contributed by atoms with Crippen molar-refractivity contribution < 1.29 is 4.79 Å². The molecule has 1 heterocycles. The minimum Gasteiger partial charge on any atom is -0.350 e. The Morgan fingerprint density at radius 3 is 2.50 bits per heavy atom. The summed E-state index contributed by atoms with van der Waals surface area (Å²) >= 11 is 0. The molecule has 0 bridgehead atoms. The first-order chi connectivity index (χ1) is 5.57. The van der Waals surface area contributed by atoms with Gasteiger partial charge in [0.25, 0.3) is 0 Å². The SMILES string of the molecule is C=Cc1c(C)nn(C(N)=O)c1C. The third kappa shape index (κ3) is 1.11. The quantitative estimate of drug-likeness (QED) is 0.676. The van der Waals surface area contributed by atoms with Crippen LogP contribution in [0, 0.1) is 13.8 Å². The lowest BCUT2D eigenvalue weighted by atomic mass is 10.2. The second kappa shape index (κ2) is 2.81. The molecule has 0 saturated carbocycles. The van der Waals surface area contributed by atoms with Crippen molar-refractivity contribution >= 4 is 12.1 Å². The summed E-state index contributed by atoms with van der Waals surface area (Å²) in [6.07, 6.45) is 1.66. The average Bonchev–Trinajstić information content (AvgIpc) is 2.27. The molecule has 0 spiro atoms. The fraction of sp³-hybridized carbons (Fsp3) is 0.250. The van der Waals surface area contributed by atoms with Crippen molar-refractivity contribution in [3.63, 3.8) is 0 Å². The number of nitrogens with zero attached hydrogens (tertiary/aromatic N) is 2. The van der Waals surface area contributed by atoms with E-state index in [9.17, 15) is 4.79 Å². The average molecular weight is 165 g/mol. The lowest BCUT2D eigenvalue weighted by molar-refractivity contribution is 0.247. The Morgan fingerprint density at radius 1 is 1.67 bits per heavy atom. The predicted octanol–water partition coefficient (Wildman–Crippen LogP) is 1.07. The van der Waals surface area contributed by atoms with Crippen LogP contribution in [0.15, 0.2) is 6.58 Å². The van der Waals surface area contributed by atoms with Gasteiger partial charge in [0.2, 0.25) is 0 Å². The first-order valence-corrected chi connectivity index (χ1v) is 3.56. The molecule has 1 amide bonds. The highest BCUT2D eigenvalue weighted by molar-refractivity contribution is 5.76. The molecule has 0 aliphatic carbocycles. The monoisotopic (exact) mass is 165 g/mol. The summed E-state index contributed by atoms with van der Waals surface area (Å²) in [7, 11) is 0. The van der Waals surface area contributed by atoms with Crippen LogP contribution in [0.3, 0.4) is 0 Å². The van der Waals surface area contributed by atoms with E-state index >= 15 is 0 Å². The van der Waals surface area contributed by atoms with Gasteiger partial charge in [-0.25, -0.2) is 4.79 Å². The summed E-state index contributed by atoms with van der Waals surface area (Å²) in [5, 5.41) is 3.95. The van der Waals surface area contributed by atoms with Crippen molar-refractivity contribution in [3.8, 4) is 0 Å². The third-order valence-corrected chi connectivity index (χ3v) is 1.76. The molecule has 1 aromatic heterocycles. The van der Waals surface area contributed by atoms with E-state index in [2.05, 4.69) is 11.7 Å². The summed E-state index contributed by atoms with van der Waals surface area (Å²) in [5.41, 5.74) is 7.44. The first kappa shape index (κ1) is 8.52. The molecule has 4 nitrogen and oxygen atoms in total. The van der Waals surface area contributed by atoms with Crippen LogP contribution >= 0.6 is 0 Å². The topological polar surface area (TPSA) is 60.9 Å². The molecule has 0 aliphatic rings. The van der Waals surface area contributed by atoms with Crippen molar-refractivity contribution in [3.05, 3.63) is 23.5 Å². The molecule has 0 atom stereocenters. The Labute approximate surface area is 70.7 Å². The maximum absolute atomic E-state index is 10.8. The number of primary amides is 1. The number of carbonyl (C=O) groups excluding carboxylic acids is 1. The fourth-order valence-electron chi connectivity index (χ4n) is 1.16. The van der Waals surface area contributed by atoms with E-state index < -0.39 is 6.03 Å². The molecular weight excluding hydrogens is 154 g/mol. The third-order valence-electron chi connectivity index (χ3n) is 1.76. The van der Waals surface area contributed by atoms with Crippen LogP contribution in [0.4, 0.5) is 4.79 Å². The van der Waals surface area contributed by atoms with Gasteiger partial charge in [-0.2, -0.15) is 9.78 Å². The maximum Gasteiger partial charge on any atom is 0.339 e. The number of nitrogens with two attached hydrogens (primary N) is 1. The number of aromatic nitrogens is 2. The van der Waals surface area contributed by atoms with Gasteiger partial charge in [0.05, 0.1) is 11.4 Å². The van der Waals surface area contributed by atoms with E-state index in [-0.39, 0.29) is 0 Å². The number of carbonyl (C=O) groups is 1. The zero-order valence-corrected chi connectivity index (χ0v) is 7.16. The Bertz CT molecular complexity index is 338. The van der Waals surface area contributed by atoms with E-state index in [0.717, 1.165) is 17.0 Å². The van der Waals surface area contributed by atoms with E-state index in [1.54, 1.807) is 13.0 Å². The fourth-order valence-corrected chi connectivity index (χ4v) is 1.16. The van der Waals surface area contributed by atoms with Crippen molar-refractivity contribution in [2.75, 3.05) is 0 Å². The normalized spacial score (nSPS) is 9.83. The van der Waals surface area contributed by atoms with Crippen molar-refractivity contribution in [1.82, 2.24) is 9.78 Å². The summed E-state index contributed by atoms with van der Waals surface area (Å²) in [5.74, 6) is 0. The van der Waals surface area contributed by atoms with Gasteiger partial charge in [0.15, 0.2) is 0 Å². The van der Waals surface area contributed by atoms with E-state index in [0.29, 0.717) is 0 Å². The minimum atomic E-state index is -0.566. The molecule has 0 saturated heterocycles. The van der Waals surface area contributed by atoms with Gasteiger partial charge >= 0.3 is 6.03 Å². The van der Waals surface area contributed by atoms with Gasteiger partial charge in [-0.3, -0.25) is 0 Å². The summed E-state index contributed by atoms with van der Waals surface area (Å²) in [6, 6.07) is -0.566. The predicted molar refractivity (Wildman–Crippen MR) is 46.8 cm³/mol. The van der Waals surface area contributed by atoms with E-state index in [4.69, 9.17) is 5.73 Å². The highest BCUT2D eigenvalue weighted by Gasteiger charge is 2.10. The summed E-state index contributed by atoms with van der Waals surface area (Å²) < 4.78 is 1.17. The van der Waals surface area contributed by atoms with Crippen LogP contribution in [0.25, 0.3) is 6.08 Å². The number of hydrogen-bond donors (Lipinski definition) is 1. The number of hydrogen-bond acceptors (Lipinski definition) is 2. The molecule has 2 N–H and O–H groups in total. The van der Waals surface area contributed by atoms with Crippen LogP contribution in [-0.4, -0.2) is 15.8 Å². The van der Waals surface area contributed by atoms with Gasteiger partial charge in [-0.1, -0.05) is 12.7 Å². The van der Waals surface area contributed by atoms with Crippen molar-refractivity contribution in [2.24, 2.45) is 5.73 Å². The van der Waals surface area contributed by atoms with Gasteiger partial charge in [0, 0.05) is 5.56 Å². The van der Waals surface area contributed by atoms with Crippen LogP contribution in [0.5, 0.6) is 0 Å². The van der Waals surface area contributed by atoms with E-state index in [1.807, 2.05) is 6.92 Å².